The van der Waals surface area contributed by atoms with E-state index in [2.05, 4.69) is 9.37 Å². The normalized spacial score (nSPS) is 11.5. The summed E-state index contributed by atoms with van der Waals surface area (Å²) in [7, 11) is -3.73. The van der Waals surface area contributed by atoms with Crippen molar-refractivity contribution in [2.45, 2.75) is 11.8 Å². The van der Waals surface area contributed by atoms with Crippen molar-refractivity contribution in [3.8, 4) is 11.5 Å². The van der Waals surface area contributed by atoms with Crippen LogP contribution in [0.3, 0.4) is 0 Å². The average Bonchev–Trinajstić information content (AvgIpc) is 2.31. The van der Waals surface area contributed by atoms with Crippen LogP contribution in [0.15, 0.2) is 17.0 Å². The van der Waals surface area contributed by atoms with Crippen LogP contribution in [0.2, 0.25) is 0 Å². The molecule has 0 aliphatic heterocycles. The van der Waals surface area contributed by atoms with Crippen LogP contribution < -0.4 is 4.18 Å². The molecule has 19 heavy (non-hydrogen) atoms. The predicted octanol–water partition coefficient (Wildman–Crippen LogP) is 2.27. The van der Waals surface area contributed by atoms with Gasteiger partial charge in [-0.25, -0.2) is 5.26 Å². The third kappa shape index (κ3) is 5.31. The van der Waals surface area contributed by atoms with Crippen molar-refractivity contribution in [2.24, 2.45) is 0 Å². The summed E-state index contributed by atoms with van der Waals surface area (Å²) in [5.41, 5.74) is 0.404. The van der Waals surface area contributed by atoms with Crippen molar-refractivity contribution in [3.05, 3.63) is 17.7 Å². The summed E-state index contributed by atoms with van der Waals surface area (Å²) in [5, 5.41) is 21.2. The van der Waals surface area contributed by atoms with E-state index < -0.39 is 10.1 Å². The van der Waals surface area contributed by atoms with Gasteiger partial charge in [-0.2, -0.15) is 8.42 Å². The molecule has 0 heterocycles. The number of halogens is 1. The highest BCUT2D eigenvalue weighted by Gasteiger charge is 2.18. The molecule has 1 aromatic rings. The first kappa shape index (κ1) is 16.8. The SMILES string of the molecule is Cc1cc(SOOO)cc(O)c1OS(=O)(=O)CCI. The standard InChI is InChI=1S/C9H11IO7S2/c1-6-4-7(18-17-16-12)5-8(11)9(6)15-19(13,14)3-2-10/h4-5,11-12H,2-3H2,1H3. The number of hydrogen-bond acceptors (Lipinski definition) is 8. The molecule has 0 aromatic heterocycles. The van der Waals surface area contributed by atoms with Crippen molar-refractivity contribution in [1.29, 1.82) is 0 Å². The van der Waals surface area contributed by atoms with Crippen LogP contribution in [0.1, 0.15) is 5.56 Å². The van der Waals surface area contributed by atoms with Gasteiger partial charge in [-0.15, -0.1) is 4.33 Å². The molecule has 0 spiro atoms. The minimum atomic E-state index is -3.73. The minimum Gasteiger partial charge on any atom is -0.504 e. The van der Waals surface area contributed by atoms with Crippen molar-refractivity contribution in [2.75, 3.05) is 10.2 Å². The monoisotopic (exact) mass is 422 g/mol. The smallest absolute Gasteiger partial charge is 0.310 e. The second kappa shape index (κ2) is 7.50. The van der Waals surface area contributed by atoms with Gasteiger partial charge in [-0.3, -0.25) is 0 Å². The van der Waals surface area contributed by atoms with E-state index in [1.165, 1.54) is 12.1 Å². The van der Waals surface area contributed by atoms with Gasteiger partial charge in [0, 0.05) is 9.32 Å². The molecular weight excluding hydrogens is 411 g/mol. The first-order valence-electron chi connectivity index (χ1n) is 4.86. The van der Waals surface area contributed by atoms with Crippen LogP contribution >= 0.6 is 34.6 Å². The Hall–Kier alpha value is -0.270. The number of alkyl halides is 1. The third-order valence-electron chi connectivity index (χ3n) is 1.93. The molecule has 108 valence electrons. The quantitative estimate of drug-likeness (QED) is 0.172. The van der Waals surface area contributed by atoms with E-state index in [0.717, 1.165) is 0 Å². The fraction of sp³-hybridized carbons (Fsp3) is 0.333. The average molecular weight is 422 g/mol. The maximum atomic E-state index is 11.5. The lowest BCUT2D eigenvalue weighted by Crippen LogP contribution is -2.15. The second-order valence-electron chi connectivity index (χ2n) is 3.35. The summed E-state index contributed by atoms with van der Waals surface area (Å²) >= 11 is 2.56. The molecule has 0 unspecified atom stereocenters. The zero-order valence-electron chi connectivity index (χ0n) is 9.70. The Balaban J connectivity index is 2.97. The highest BCUT2D eigenvalue weighted by Crippen LogP contribution is 2.36. The van der Waals surface area contributed by atoms with E-state index in [1.54, 1.807) is 6.92 Å². The van der Waals surface area contributed by atoms with Gasteiger partial charge in [0.2, 0.25) is 0 Å². The van der Waals surface area contributed by atoms with Crippen LogP contribution in [0, 0.1) is 6.92 Å². The van der Waals surface area contributed by atoms with Gasteiger partial charge < -0.3 is 9.29 Å². The van der Waals surface area contributed by atoms with Crippen molar-refractivity contribution in [1.82, 2.24) is 0 Å². The fourth-order valence-corrected chi connectivity index (χ4v) is 4.05. The lowest BCUT2D eigenvalue weighted by Gasteiger charge is -2.11. The summed E-state index contributed by atoms with van der Waals surface area (Å²) in [6.45, 7) is 1.57. The van der Waals surface area contributed by atoms with Crippen molar-refractivity contribution in [3.63, 3.8) is 0 Å². The number of hydrogen-bond donors (Lipinski definition) is 2. The van der Waals surface area contributed by atoms with Gasteiger partial charge in [0.25, 0.3) is 0 Å². The number of aromatic hydroxyl groups is 1. The largest absolute Gasteiger partial charge is 0.504 e. The zero-order chi connectivity index (χ0) is 14.5. The molecule has 0 saturated heterocycles. The Morgan fingerprint density at radius 2 is 2.11 bits per heavy atom. The zero-order valence-corrected chi connectivity index (χ0v) is 13.5. The first-order valence-corrected chi connectivity index (χ1v) is 8.70. The summed E-state index contributed by atoms with van der Waals surface area (Å²) in [4.78, 5) is 0.405. The van der Waals surface area contributed by atoms with Gasteiger partial charge in [-0.05, 0) is 24.6 Å². The molecule has 7 nitrogen and oxygen atoms in total. The first-order chi connectivity index (χ1) is 8.89. The van der Waals surface area contributed by atoms with Gasteiger partial charge in [0.15, 0.2) is 11.5 Å². The molecule has 0 aliphatic rings. The van der Waals surface area contributed by atoms with Crippen LogP contribution in [0.25, 0.3) is 0 Å². The molecule has 10 heteroatoms. The Morgan fingerprint density at radius 1 is 1.42 bits per heavy atom. The molecule has 1 aromatic carbocycles. The molecule has 0 radical (unpaired) electrons. The van der Waals surface area contributed by atoms with Gasteiger partial charge in [0.05, 0.1) is 17.8 Å². The summed E-state index contributed by atoms with van der Waals surface area (Å²) in [6, 6.07) is 2.74. The molecule has 1 rings (SSSR count). The van der Waals surface area contributed by atoms with Crippen LogP contribution in [-0.2, 0) is 19.5 Å². The molecule has 0 fully saturated rings. The van der Waals surface area contributed by atoms with Gasteiger partial charge in [0.1, 0.15) is 0 Å². The Kier molecular flexibility index (Phi) is 6.62. The van der Waals surface area contributed by atoms with E-state index in [9.17, 15) is 13.5 Å². The lowest BCUT2D eigenvalue weighted by atomic mass is 10.2. The van der Waals surface area contributed by atoms with Crippen LogP contribution in [0.4, 0.5) is 0 Å². The molecule has 0 bridgehead atoms. The molecular formula is C9H11IO7S2. The third-order valence-corrected chi connectivity index (χ3v) is 4.88. The maximum Gasteiger partial charge on any atom is 0.310 e. The van der Waals surface area contributed by atoms with E-state index in [4.69, 9.17) is 9.44 Å². The van der Waals surface area contributed by atoms with Gasteiger partial charge in [-0.1, -0.05) is 27.6 Å². The van der Waals surface area contributed by atoms with Crippen LogP contribution in [0.5, 0.6) is 11.5 Å². The number of aryl methyl sites for hydroxylation is 1. The number of phenols is 1. The van der Waals surface area contributed by atoms with E-state index in [0.29, 0.717) is 26.9 Å². The number of benzene rings is 1. The molecule has 0 amide bonds. The highest BCUT2D eigenvalue weighted by molar-refractivity contribution is 14.1. The molecule has 0 aliphatic carbocycles. The Labute approximate surface area is 128 Å². The molecule has 0 saturated carbocycles. The Morgan fingerprint density at radius 3 is 2.63 bits per heavy atom. The minimum absolute atomic E-state index is 0.126. The second-order valence-corrected chi connectivity index (χ2v) is 6.89. The summed E-state index contributed by atoms with van der Waals surface area (Å²) in [5.74, 6) is -0.620. The number of rotatable bonds is 7. The highest BCUT2D eigenvalue weighted by atomic mass is 127. The van der Waals surface area contributed by atoms with E-state index >= 15 is 0 Å². The summed E-state index contributed by atoms with van der Waals surface area (Å²) in [6.07, 6.45) is 0. The van der Waals surface area contributed by atoms with Crippen molar-refractivity contribution >= 4 is 44.8 Å². The molecule has 0 atom stereocenters. The van der Waals surface area contributed by atoms with E-state index in [-0.39, 0.29) is 17.3 Å². The summed E-state index contributed by atoms with van der Waals surface area (Å²) < 4.78 is 32.5. The van der Waals surface area contributed by atoms with Crippen LogP contribution in [-0.4, -0.2) is 29.0 Å². The molecule has 2 N–H and O–H groups in total. The van der Waals surface area contributed by atoms with Crippen molar-refractivity contribution < 1.29 is 32.3 Å². The van der Waals surface area contributed by atoms with E-state index in [1.807, 2.05) is 22.6 Å². The Bertz CT molecular complexity index is 508. The topological polar surface area (TPSA) is 102 Å². The fourth-order valence-electron chi connectivity index (χ4n) is 1.20. The maximum absolute atomic E-state index is 11.5. The predicted molar refractivity (Wildman–Crippen MR) is 76.8 cm³/mol. The number of phenolic OH excluding ortho intramolecular Hbond substituents is 1. The lowest BCUT2D eigenvalue weighted by molar-refractivity contribution is -0.432. The van der Waals surface area contributed by atoms with Gasteiger partial charge >= 0.3 is 10.1 Å².